The summed E-state index contributed by atoms with van der Waals surface area (Å²) in [5.41, 5.74) is 9.65. The summed E-state index contributed by atoms with van der Waals surface area (Å²) in [4.78, 5) is 8.27. The molecule has 0 fully saturated rings. The molecule has 4 heteroatoms. The maximum absolute atomic E-state index is 6.24. The summed E-state index contributed by atoms with van der Waals surface area (Å²) in [6.07, 6.45) is 6.67. The van der Waals surface area contributed by atoms with E-state index in [1.54, 1.807) is 21.8 Å². The van der Waals surface area contributed by atoms with E-state index in [2.05, 4.69) is 11.1 Å². The highest BCUT2D eigenvalue weighted by Crippen LogP contribution is 2.34. The third-order valence-corrected chi connectivity index (χ3v) is 5.21. The van der Waals surface area contributed by atoms with Crippen molar-refractivity contribution in [2.24, 2.45) is 5.73 Å². The summed E-state index contributed by atoms with van der Waals surface area (Å²) in [5, 5.41) is 0. The quantitative estimate of drug-likeness (QED) is 0.909. The number of hydrogen-bond donors (Lipinski definition) is 1. The second-order valence-electron chi connectivity index (χ2n) is 4.23. The van der Waals surface area contributed by atoms with Crippen LogP contribution in [0.4, 0.5) is 0 Å². The number of thiazole rings is 1. The van der Waals surface area contributed by atoms with Gasteiger partial charge in [0.25, 0.3) is 0 Å². The van der Waals surface area contributed by atoms with Gasteiger partial charge in [0.2, 0.25) is 0 Å². The summed E-state index contributed by atoms with van der Waals surface area (Å²) in [7, 11) is 0. The molecule has 0 aliphatic heterocycles. The lowest BCUT2D eigenvalue weighted by Gasteiger charge is -2.07. The maximum Gasteiger partial charge on any atom is 0.0794 e. The smallest absolute Gasteiger partial charge is 0.0794 e. The molecule has 0 saturated carbocycles. The molecule has 1 unspecified atom stereocenters. The first kappa shape index (κ1) is 10.4. The monoisotopic (exact) mass is 250 g/mol. The van der Waals surface area contributed by atoms with Gasteiger partial charge in [-0.25, -0.2) is 0 Å². The molecule has 84 valence electrons. The number of nitrogens with two attached hydrogens (primary N) is 1. The lowest BCUT2D eigenvalue weighted by Crippen LogP contribution is -2.11. The minimum atomic E-state index is 0.149. The van der Waals surface area contributed by atoms with Crippen molar-refractivity contribution in [2.45, 2.75) is 31.7 Å². The minimum absolute atomic E-state index is 0.149. The Bertz CT molecular complexity index is 452. The molecular formula is C12H14N2S2. The SMILES string of the molecule is NC(Cc1cncs1)c1cc2c(s1)CCC2. The normalized spacial score (nSPS) is 16.3. The first-order valence-electron chi connectivity index (χ1n) is 5.57. The lowest BCUT2D eigenvalue weighted by atomic mass is 10.1. The zero-order valence-corrected chi connectivity index (χ0v) is 10.6. The fraction of sp³-hybridized carbons (Fsp3) is 0.417. The van der Waals surface area contributed by atoms with Gasteiger partial charge < -0.3 is 5.73 Å². The van der Waals surface area contributed by atoms with Crippen LogP contribution in [0.1, 0.15) is 32.7 Å². The van der Waals surface area contributed by atoms with Gasteiger partial charge in [-0.3, -0.25) is 4.98 Å². The van der Waals surface area contributed by atoms with Crippen LogP contribution in [0.15, 0.2) is 17.8 Å². The molecule has 2 aromatic rings. The number of hydrogen-bond acceptors (Lipinski definition) is 4. The molecule has 0 radical (unpaired) electrons. The topological polar surface area (TPSA) is 38.9 Å². The van der Waals surface area contributed by atoms with Crippen LogP contribution < -0.4 is 5.73 Å². The Morgan fingerprint density at radius 1 is 1.44 bits per heavy atom. The molecule has 2 N–H and O–H groups in total. The highest BCUT2D eigenvalue weighted by atomic mass is 32.1. The molecule has 1 aliphatic rings. The van der Waals surface area contributed by atoms with Crippen molar-refractivity contribution in [3.05, 3.63) is 38.0 Å². The molecule has 1 aliphatic carbocycles. The van der Waals surface area contributed by atoms with Gasteiger partial charge in [0.05, 0.1) is 5.51 Å². The van der Waals surface area contributed by atoms with Crippen LogP contribution in [-0.4, -0.2) is 4.98 Å². The molecule has 0 bridgehead atoms. The molecule has 16 heavy (non-hydrogen) atoms. The molecule has 3 rings (SSSR count). The molecule has 0 amide bonds. The molecule has 0 spiro atoms. The van der Waals surface area contributed by atoms with Crippen LogP contribution in [-0.2, 0) is 19.3 Å². The number of rotatable bonds is 3. The van der Waals surface area contributed by atoms with Crippen molar-refractivity contribution in [1.82, 2.24) is 4.98 Å². The van der Waals surface area contributed by atoms with Crippen LogP contribution in [0.5, 0.6) is 0 Å². The fourth-order valence-electron chi connectivity index (χ4n) is 2.20. The van der Waals surface area contributed by atoms with Crippen LogP contribution in [0.3, 0.4) is 0 Å². The van der Waals surface area contributed by atoms with Gasteiger partial charge in [-0.1, -0.05) is 0 Å². The average molecular weight is 250 g/mol. The van der Waals surface area contributed by atoms with Crippen LogP contribution >= 0.6 is 22.7 Å². The van der Waals surface area contributed by atoms with Crippen molar-refractivity contribution in [2.75, 3.05) is 0 Å². The Balaban J connectivity index is 1.76. The first-order chi connectivity index (χ1) is 7.83. The van der Waals surface area contributed by atoms with Crippen LogP contribution in [0.2, 0.25) is 0 Å². The molecule has 1 atom stereocenters. The van der Waals surface area contributed by atoms with E-state index in [0.717, 1.165) is 6.42 Å². The number of aromatic nitrogens is 1. The van der Waals surface area contributed by atoms with E-state index in [1.807, 2.05) is 23.0 Å². The summed E-state index contributed by atoms with van der Waals surface area (Å²) < 4.78 is 0. The summed E-state index contributed by atoms with van der Waals surface area (Å²) in [5.74, 6) is 0. The summed E-state index contributed by atoms with van der Waals surface area (Å²) in [6, 6.07) is 2.47. The van der Waals surface area contributed by atoms with E-state index in [4.69, 9.17) is 5.73 Å². The predicted octanol–water partition coefficient (Wildman–Crippen LogP) is 2.94. The Kier molecular flexibility index (Phi) is 2.79. The lowest BCUT2D eigenvalue weighted by molar-refractivity contribution is 0.742. The predicted molar refractivity (Wildman–Crippen MR) is 69.1 cm³/mol. The fourth-order valence-corrected chi connectivity index (χ4v) is 4.11. The van der Waals surface area contributed by atoms with Crippen molar-refractivity contribution >= 4 is 22.7 Å². The largest absolute Gasteiger partial charge is 0.323 e. The van der Waals surface area contributed by atoms with Gasteiger partial charge in [-0.05, 0) is 30.9 Å². The van der Waals surface area contributed by atoms with Crippen molar-refractivity contribution in [1.29, 1.82) is 0 Å². The molecular weight excluding hydrogens is 236 g/mol. The molecule has 0 aromatic carbocycles. The standard InChI is InChI=1S/C12H14N2S2/c13-10(5-9-6-14-7-15-9)12-4-8-2-1-3-11(8)16-12/h4,6-7,10H,1-3,5,13H2. The van der Waals surface area contributed by atoms with Gasteiger partial charge >= 0.3 is 0 Å². The second kappa shape index (κ2) is 4.28. The highest BCUT2D eigenvalue weighted by Gasteiger charge is 2.18. The van der Waals surface area contributed by atoms with E-state index in [0.29, 0.717) is 0 Å². The molecule has 0 saturated heterocycles. The van der Waals surface area contributed by atoms with E-state index >= 15 is 0 Å². The van der Waals surface area contributed by atoms with Gasteiger partial charge in [0.1, 0.15) is 0 Å². The number of aryl methyl sites for hydroxylation is 2. The Hall–Kier alpha value is -0.710. The van der Waals surface area contributed by atoms with Crippen molar-refractivity contribution in [3.8, 4) is 0 Å². The Labute approximate surface area is 103 Å². The minimum Gasteiger partial charge on any atom is -0.323 e. The van der Waals surface area contributed by atoms with E-state index < -0.39 is 0 Å². The summed E-state index contributed by atoms with van der Waals surface area (Å²) >= 11 is 3.60. The third kappa shape index (κ3) is 1.93. The zero-order chi connectivity index (χ0) is 11.0. The zero-order valence-electron chi connectivity index (χ0n) is 8.98. The van der Waals surface area contributed by atoms with Gasteiger partial charge in [0, 0.05) is 33.3 Å². The number of thiophene rings is 1. The first-order valence-corrected chi connectivity index (χ1v) is 7.27. The van der Waals surface area contributed by atoms with Crippen LogP contribution in [0, 0.1) is 0 Å². The average Bonchev–Trinajstić information content (AvgIpc) is 2.91. The van der Waals surface area contributed by atoms with Crippen LogP contribution in [0.25, 0.3) is 0 Å². The van der Waals surface area contributed by atoms with Gasteiger partial charge in [-0.2, -0.15) is 0 Å². The van der Waals surface area contributed by atoms with Gasteiger partial charge in [-0.15, -0.1) is 22.7 Å². The highest BCUT2D eigenvalue weighted by molar-refractivity contribution is 7.12. The second-order valence-corrected chi connectivity index (χ2v) is 6.37. The Morgan fingerprint density at radius 2 is 2.38 bits per heavy atom. The van der Waals surface area contributed by atoms with Gasteiger partial charge in [0.15, 0.2) is 0 Å². The van der Waals surface area contributed by atoms with E-state index in [1.165, 1.54) is 29.0 Å². The van der Waals surface area contributed by atoms with Crippen molar-refractivity contribution in [3.63, 3.8) is 0 Å². The van der Waals surface area contributed by atoms with Crippen molar-refractivity contribution < 1.29 is 0 Å². The number of nitrogens with zero attached hydrogens (tertiary/aromatic N) is 1. The molecule has 2 nitrogen and oxygen atoms in total. The number of fused-ring (bicyclic) bond motifs is 1. The molecule has 2 heterocycles. The van der Waals surface area contributed by atoms with E-state index in [-0.39, 0.29) is 6.04 Å². The maximum atomic E-state index is 6.24. The summed E-state index contributed by atoms with van der Waals surface area (Å²) in [6.45, 7) is 0. The Morgan fingerprint density at radius 3 is 3.12 bits per heavy atom. The third-order valence-electron chi connectivity index (χ3n) is 3.04. The molecule has 2 aromatic heterocycles. The van der Waals surface area contributed by atoms with E-state index in [9.17, 15) is 0 Å².